The molecule has 0 radical (unpaired) electrons. The average Bonchev–Trinajstić information content (AvgIpc) is 2.58. The Bertz CT molecular complexity index is 706. The van der Waals surface area contributed by atoms with Crippen LogP contribution in [0, 0.1) is 13.8 Å². The third-order valence-corrected chi connectivity index (χ3v) is 6.79. The Morgan fingerprint density at radius 2 is 1.88 bits per heavy atom. The molecule has 0 spiro atoms. The second-order valence-electron chi connectivity index (χ2n) is 6.39. The molecule has 140 valence electrons. The van der Waals surface area contributed by atoms with Crippen LogP contribution in [0.2, 0.25) is 0 Å². The van der Waals surface area contributed by atoms with Gasteiger partial charge in [-0.15, -0.1) is 0 Å². The fraction of sp³-hybridized carbons (Fsp3) is 0.611. The van der Waals surface area contributed by atoms with Crippen LogP contribution in [-0.2, 0) is 19.6 Å². The SMILES string of the molecule is CCC(=O)OCC1CCCCN1S(=O)(=O)c1c(C)cc(OC)cc1C. The molecule has 1 atom stereocenters. The van der Waals surface area contributed by atoms with Crippen LogP contribution in [0.15, 0.2) is 17.0 Å². The van der Waals surface area contributed by atoms with Crippen LogP contribution in [-0.4, -0.2) is 45.0 Å². The van der Waals surface area contributed by atoms with Crippen molar-refractivity contribution in [1.29, 1.82) is 0 Å². The molecule has 0 aromatic heterocycles. The maximum atomic E-state index is 13.3. The van der Waals surface area contributed by atoms with Crippen LogP contribution in [0.25, 0.3) is 0 Å². The van der Waals surface area contributed by atoms with E-state index in [9.17, 15) is 13.2 Å². The number of carbonyl (C=O) groups excluding carboxylic acids is 1. The molecule has 1 aliphatic rings. The summed E-state index contributed by atoms with van der Waals surface area (Å²) < 4.78 is 38.5. The molecule has 25 heavy (non-hydrogen) atoms. The summed E-state index contributed by atoms with van der Waals surface area (Å²) in [6.07, 6.45) is 2.73. The summed E-state index contributed by atoms with van der Waals surface area (Å²) >= 11 is 0. The molecule has 0 aliphatic carbocycles. The normalized spacial score (nSPS) is 18.8. The largest absolute Gasteiger partial charge is 0.497 e. The number of piperidine rings is 1. The van der Waals surface area contributed by atoms with E-state index in [4.69, 9.17) is 9.47 Å². The van der Waals surface area contributed by atoms with Crippen LogP contribution in [0.5, 0.6) is 5.75 Å². The lowest BCUT2D eigenvalue weighted by Crippen LogP contribution is -2.46. The van der Waals surface area contributed by atoms with Crippen LogP contribution in [0.4, 0.5) is 0 Å². The molecule has 7 heteroatoms. The third kappa shape index (κ3) is 4.33. The molecule has 0 saturated carbocycles. The van der Waals surface area contributed by atoms with Gasteiger partial charge in [0.2, 0.25) is 10.0 Å². The Morgan fingerprint density at radius 1 is 1.24 bits per heavy atom. The van der Waals surface area contributed by atoms with E-state index in [1.165, 1.54) is 4.31 Å². The van der Waals surface area contributed by atoms with Gasteiger partial charge in [0, 0.05) is 13.0 Å². The number of benzene rings is 1. The van der Waals surface area contributed by atoms with E-state index < -0.39 is 10.0 Å². The number of sulfonamides is 1. The molecule has 1 aliphatic heterocycles. The van der Waals surface area contributed by atoms with Gasteiger partial charge in [0.1, 0.15) is 12.4 Å². The molecule has 0 amide bonds. The van der Waals surface area contributed by atoms with Gasteiger partial charge in [0.05, 0.1) is 18.0 Å². The van der Waals surface area contributed by atoms with Gasteiger partial charge in [-0.05, 0) is 49.9 Å². The molecule has 0 N–H and O–H groups in total. The lowest BCUT2D eigenvalue weighted by atomic mass is 10.1. The highest BCUT2D eigenvalue weighted by Crippen LogP contribution is 2.31. The van der Waals surface area contributed by atoms with Gasteiger partial charge in [-0.25, -0.2) is 8.42 Å². The lowest BCUT2D eigenvalue weighted by Gasteiger charge is -2.35. The van der Waals surface area contributed by atoms with Crippen molar-refractivity contribution in [2.45, 2.75) is 57.4 Å². The van der Waals surface area contributed by atoms with Crippen molar-refractivity contribution in [3.05, 3.63) is 23.3 Å². The van der Waals surface area contributed by atoms with Crippen molar-refractivity contribution >= 4 is 16.0 Å². The predicted molar refractivity (Wildman–Crippen MR) is 95.2 cm³/mol. The first-order chi connectivity index (χ1) is 11.8. The van der Waals surface area contributed by atoms with Gasteiger partial charge in [0.15, 0.2) is 0 Å². The van der Waals surface area contributed by atoms with Crippen molar-refractivity contribution in [3.8, 4) is 5.75 Å². The number of esters is 1. The number of hydrogen-bond donors (Lipinski definition) is 0. The summed E-state index contributed by atoms with van der Waals surface area (Å²) in [5.41, 5.74) is 1.32. The highest BCUT2D eigenvalue weighted by molar-refractivity contribution is 7.89. The van der Waals surface area contributed by atoms with Crippen molar-refractivity contribution in [3.63, 3.8) is 0 Å². The fourth-order valence-corrected chi connectivity index (χ4v) is 5.40. The summed E-state index contributed by atoms with van der Waals surface area (Å²) in [5.74, 6) is 0.334. The second kappa shape index (κ2) is 8.19. The van der Waals surface area contributed by atoms with E-state index in [1.807, 2.05) is 0 Å². The molecular formula is C18H27NO5S. The number of hydrogen-bond acceptors (Lipinski definition) is 5. The molecular weight excluding hydrogens is 342 g/mol. The van der Waals surface area contributed by atoms with Gasteiger partial charge in [-0.3, -0.25) is 4.79 Å². The van der Waals surface area contributed by atoms with Crippen LogP contribution in [0.1, 0.15) is 43.7 Å². The zero-order valence-corrected chi connectivity index (χ0v) is 16.2. The highest BCUT2D eigenvalue weighted by atomic mass is 32.2. The Labute approximate surface area is 150 Å². The summed E-state index contributed by atoms with van der Waals surface area (Å²) in [7, 11) is -2.11. The summed E-state index contributed by atoms with van der Waals surface area (Å²) in [6.45, 7) is 5.83. The van der Waals surface area contributed by atoms with Crippen LogP contribution >= 0.6 is 0 Å². The maximum Gasteiger partial charge on any atom is 0.305 e. The zero-order valence-electron chi connectivity index (χ0n) is 15.4. The van der Waals surface area contributed by atoms with Gasteiger partial charge >= 0.3 is 5.97 Å². The van der Waals surface area contributed by atoms with Gasteiger partial charge < -0.3 is 9.47 Å². The number of ether oxygens (including phenoxy) is 2. The Balaban J connectivity index is 2.34. The van der Waals surface area contributed by atoms with E-state index in [0.717, 1.165) is 12.8 Å². The Kier molecular flexibility index (Phi) is 6.46. The molecule has 0 bridgehead atoms. The summed E-state index contributed by atoms with van der Waals surface area (Å²) in [4.78, 5) is 11.8. The molecule has 1 aromatic rings. The van der Waals surface area contributed by atoms with E-state index in [2.05, 4.69) is 0 Å². The quantitative estimate of drug-likeness (QED) is 0.721. The average molecular weight is 369 g/mol. The first kappa shape index (κ1) is 19.7. The standard InChI is InChI=1S/C18H27NO5S/c1-5-17(20)24-12-15-8-6-7-9-19(15)25(21,22)18-13(2)10-16(23-4)11-14(18)3/h10-11,15H,5-9,12H2,1-4H3. The Hall–Kier alpha value is -1.60. The highest BCUT2D eigenvalue weighted by Gasteiger charge is 2.36. The van der Waals surface area contributed by atoms with Crippen molar-refractivity contribution in [2.24, 2.45) is 0 Å². The molecule has 1 heterocycles. The number of carbonyl (C=O) groups is 1. The molecule has 1 fully saturated rings. The smallest absolute Gasteiger partial charge is 0.305 e. The molecule has 6 nitrogen and oxygen atoms in total. The molecule has 1 saturated heterocycles. The second-order valence-corrected chi connectivity index (χ2v) is 8.22. The summed E-state index contributed by atoms with van der Waals surface area (Å²) in [5, 5.41) is 0. The fourth-order valence-electron chi connectivity index (χ4n) is 3.30. The zero-order chi connectivity index (χ0) is 18.6. The number of rotatable bonds is 6. The van der Waals surface area contributed by atoms with Gasteiger partial charge in [-0.1, -0.05) is 13.3 Å². The maximum absolute atomic E-state index is 13.3. The Morgan fingerprint density at radius 3 is 2.44 bits per heavy atom. The van der Waals surface area contributed by atoms with Crippen molar-refractivity contribution < 1.29 is 22.7 Å². The van der Waals surface area contributed by atoms with Crippen LogP contribution < -0.4 is 4.74 Å². The molecule has 2 rings (SSSR count). The first-order valence-electron chi connectivity index (χ1n) is 8.64. The van der Waals surface area contributed by atoms with E-state index in [0.29, 0.717) is 34.7 Å². The molecule has 1 aromatic carbocycles. The van der Waals surface area contributed by atoms with Crippen LogP contribution in [0.3, 0.4) is 0 Å². The summed E-state index contributed by atoms with van der Waals surface area (Å²) in [6, 6.07) is 3.15. The number of aryl methyl sites for hydroxylation is 2. The molecule has 1 unspecified atom stereocenters. The number of nitrogens with zero attached hydrogens (tertiary/aromatic N) is 1. The van der Waals surface area contributed by atoms with Crippen molar-refractivity contribution in [2.75, 3.05) is 20.3 Å². The van der Waals surface area contributed by atoms with Gasteiger partial charge in [0.25, 0.3) is 0 Å². The minimum Gasteiger partial charge on any atom is -0.497 e. The number of methoxy groups -OCH3 is 1. The predicted octanol–water partition coefficient (Wildman–Crippen LogP) is 2.81. The minimum absolute atomic E-state index is 0.111. The minimum atomic E-state index is -3.67. The van der Waals surface area contributed by atoms with Gasteiger partial charge in [-0.2, -0.15) is 4.31 Å². The third-order valence-electron chi connectivity index (χ3n) is 4.53. The van der Waals surface area contributed by atoms with Crippen molar-refractivity contribution in [1.82, 2.24) is 4.31 Å². The van der Waals surface area contributed by atoms with E-state index in [1.54, 1.807) is 40.0 Å². The topological polar surface area (TPSA) is 72.9 Å². The lowest BCUT2D eigenvalue weighted by molar-refractivity contribution is -0.144. The van der Waals surface area contributed by atoms with E-state index >= 15 is 0 Å². The van der Waals surface area contributed by atoms with E-state index in [-0.39, 0.29) is 25.0 Å². The monoisotopic (exact) mass is 369 g/mol. The first-order valence-corrected chi connectivity index (χ1v) is 10.1.